The smallest absolute Gasteiger partial charge is 0.152 e. The third-order valence-corrected chi connectivity index (χ3v) is 4.57. The quantitative estimate of drug-likeness (QED) is 0.826. The molecule has 2 rings (SSSR count). The Labute approximate surface area is 111 Å². The van der Waals surface area contributed by atoms with Crippen molar-refractivity contribution in [1.82, 2.24) is 4.90 Å². The molecule has 0 bridgehead atoms. The fraction of sp³-hybridized carbons (Fsp3) is 0.571. The van der Waals surface area contributed by atoms with E-state index in [-0.39, 0.29) is 0 Å². The van der Waals surface area contributed by atoms with E-state index < -0.39 is 9.84 Å². The van der Waals surface area contributed by atoms with Crippen LogP contribution in [0.2, 0.25) is 0 Å². The van der Waals surface area contributed by atoms with Crippen LogP contribution in [0.15, 0.2) is 24.3 Å². The van der Waals surface area contributed by atoms with Gasteiger partial charge in [-0.15, -0.1) is 0 Å². The molecular formula is C14H23NO2S. The largest absolute Gasteiger partial charge is 0.297 e. The van der Waals surface area contributed by atoms with Crippen LogP contribution < -0.4 is 0 Å². The van der Waals surface area contributed by atoms with Crippen molar-refractivity contribution in [3.05, 3.63) is 35.4 Å². The standard InChI is InChI=1S/C12H17NO2S.C2H6/c1-11-2-4-12(5-3-11)10-13-6-8-16(14,15)9-7-13;1-2/h2-5H,6-10H2,1H3;1-2H3. The Morgan fingerprint density at radius 2 is 1.56 bits per heavy atom. The first kappa shape index (κ1) is 15.2. The van der Waals surface area contributed by atoms with Gasteiger partial charge < -0.3 is 0 Å². The van der Waals surface area contributed by atoms with E-state index in [1.165, 1.54) is 11.1 Å². The summed E-state index contributed by atoms with van der Waals surface area (Å²) in [7, 11) is -2.76. The molecule has 3 nitrogen and oxygen atoms in total. The summed E-state index contributed by atoms with van der Waals surface area (Å²) in [6.07, 6.45) is 0. The first-order valence-electron chi connectivity index (χ1n) is 6.53. The predicted octanol–water partition coefficient (Wildman–Crippen LogP) is 2.25. The molecule has 0 aliphatic carbocycles. The summed E-state index contributed by atoms with van der Waals surface area (Å²) < 4.78 is 22.5. The molecule has 0 radical (unpaired) electrons. The van der Waals surface area contributed by atoms with Crippen LogP contribution in [0, 0.1) is 6.92 Å². The zero-order valence-electron chi connectivity index (χ0n) is 11.5. The fourth-order valence-corrected chi connectivity index (χ4v) is 3.14. The van der Waals surface area contributed by atoms with Gasteiger partial charge in [-0.05, 0) is 12.5 Å². The highest BCUT2D eigenvalue weighted by molar-refractivity contribution is 7.91. The van der Waals surface area contributed by atoms with Gasteiger partial charge in [0.2, 0.25) is 0 Å². The lowest BCUT2D eigenvalue weighted by Crippen LogP contribution is -2.39. The Balaban J connectivity index is 0.000000771. The Bertz CT molecular complexity index is 437. The van der Waals surface area contributed by atoms with E-state index in [4.69, 9.17) is 0 Å². The normalized spacial score (nSPS) is 18.8. The minimum atomic E-state index is -2.76. The molecule has 1 aromatic rings. The lowest BCUT2D eigenvalue weighted by molar-refractivity contribution is 0.287. The molecule has 1 fully saturated rings. The average molecular weight is 269 g/mol. The maximum absolute atomic E-state index is 11.3. The summed E-state index contributed by atoms with van der Waals surface area (Å²) in [4.78, 5) is 2.20. The van der Waals surface area contributed by atoms with Gasteiger partial charge in [-0.2, -0.15) is 0 Å². The van der Waals surface area contributed by atoms with Crippen molar-refractivity contribution in [1.29, 1.82) is 0 Å². The van der Waals surface area contributed by atoms with Crippen molar-refractivity contribution < 1.29 is 8.42 Å². The zero-order chi connectivity index (χ0) is 13.6. The number of nitrogens with zero attached hydrogens (tertiary/aromatic N) is 1. The molecule has 0 unspecified atom stereocenters. The molecule has 102 valence electrons. The Morgan fingerprint density at radius 3 is 2.06 bits per heavy atom. The number of sulfone groups is 1. The van der Waals surface area contributed by atoms with E-state index >= 15 is 0 Å². The summed E-state index contributed by atoms with van der Waals surface area (Å²) in [5, 5.41) is 0. The van der Waals surface area contributed by atoms with Gasteiger partial charge >= 0.3 is 0 Å². The molecule has 4 heteroatoms. The topological polar surface area (TPSA) is 37.4 Å². The summed E-state index contributed by atoms with van der Waals surface area (Å²) in [6, 6.07) is 8.41. The molecule has 18 heavy (non-hydrogen) atoms. The summed E-state index contributed by atoms with van der Waals surface area (Å²) in [5.41, 5.74) is 2.51. The van der Waals surface area contributed by atoms with Gasteiger partial charge in [-0.25, -0.2) is 8.42 Å². The molecule has 1 aromatic carbocycles. The highest BCUT2D eigenvalue weighted by Gasteiger charge is 2.21. The minimum Gasteiger partial charge on any atom is -0.297 e. The van der Waals surface area contributed by atoms with Gasteiger partial charge in [-0.3, -0.25) is 4.90 Å². The molecule has 0 amide bonds. The van der Waals surface area contributed by atoms with Crippen LogP contribution in [-0.2, 0) is 16.4 Å². The first-order valence-corrected chi connectivity index (χ1v) is 8.36. The third-order valence-electron chi connectivity index (χ3n) is 2.96. The van der Waals surface area contributed by atoms with E-state index in [0.29, 0.717) is 24.6 Å². The molecule has 1 saturated heterocycles. The van der Waals surface area contributed by atoms with E-state index in [1.54, 1.807) is 0 Å². The molecule has 0 spiro atoms. The van der Waals surface area contributed by atoms with Gasteiger partial charge in [0.1, 0.15) is 0 Å². The molecule has 0 atom stereocenters. The van der Waals surface area contributed by atoms with Crippen LogP contribution in [-0.4, -0.2) is 37.9 Å². The third kappa shape index (κ3) is 4.78. The molecule has 1 aliphatic rings. The molecular weight excluding hydrogens is 246 g/mol. The van der Waals surface area contributed by atoms with Crippen LogP contribution in [0.1, 0.15) is 25.0 Å². The fourth-order valence-electron chi connectivity index (χ4n) is 1.86. The molecule has 0 aromatic heterocycles. The molecule has 0 N–H and O–H groups in total. The summed E-state index contributed by atoms with van der Waals surface area (Å²) in [5.74, 6) is 0.609. The maximum Gasteiger partial charge on any atom is 0.152 e. The van der Waals surface area contributed by atoms with Gasteiger partial charge in [0, 0.05) is 19.6 Å². The second-order valence-corrected chi connectivity index (χ2v) is 6.72. The van der Waals surface area contributed by atoms with E-state index in [2.05, 4.69) is 36.1 Å². The van der Waals surface area contributed by atoms with Crippen molar-refractivity contribution in [3.8, 4) is 0 Å². The minimum absolute atomic E-state index is 0.304. The number of hydrogen-bond donors (Lipinski definition) is 0. The van der Waals surface area contributed by atoms with Crippen molar-refractivity contribution in [3.63, 3.8) is 0 Å². The second-order valence-electron chi connectivity index (χ2n) is 4.41. The summed E-state index contributed by atoms with van der Waals surface area (Å²) >= 11 is 0. The predicted molar refractivity (Wildman–Crippen MR) is 76.5 cm³/mol. The van der Waals surface area contributed by atoms with Gasteiger partial charge in [0.15, 0.2) is 9.84 Å². The zero-order valence-corrected chi connectivity index (χ0v) is 12.3. The van der Waals surface area contributed by atoms with E-state index in [1.807, 2.05) is 13.8 Å². The van der Waals surface area contributed by atoms with Crippen LogP contribution in [0.5, 0.6) is 0 Å². The van der Waals surface area contributed by atoms with E-state index in [9.17, 15) is 8.42 Å². The van der Waals surface area contributed by atoms with Crippen molar-refractivity contribution >= 4 is 9.84 Å². The molecule has 1 heterocycles. The number of hydrogen-bond acceptors (Lipinski definition) is 3. The number of rotatable bonds is 2. The van der Waals surface area contributed by atoms with Crippen molar-refractivity contribution in [2.24, 2.45) is 0 Å². The highest BCUT2D eigenvalue weighted by Crippen LogP contribution is 2.10. The van der Waals surface area contributed by atoms with Gasteiger partial charge in [-0.1, -0.05) is 43.7 Å². The Kier molecular flexibility index (Phi) is 5.82. The average Bonchev–Trinajstić information content (AvgIpc) is 2.37. The number of aryl methyl sites for hydroxylation is 1. The molecule has 0 saturated carbocycles. The van der Waals surface area contributed by atoms with Crippen molar-refractivity contribution in [2.45, 2.75) is 27.3 Å². The van der Waals surface area contributed by atoms with Crippen LogP contribution in [0.3, 0.4) is 0 Å². The molecule has 1 aliphatic heterocycles. The van der Waals surface area contributed by atoms with Crippen LogP contribution in [0.4, 0.5) is 0 Å². The van der Waals surface area contributed by atoms with Gasteiger partial charge in [0.25, 0.3) is 0 Å². The second kappa shape index (κ2) is 6.90. The van der Waals surface area contributed by atoms with Crippen molar-refractivity contribution in [2.75, 3.05) is 24.6 Å². The lowest BCUT2D eigenvalue weighted by Gasteiger charge is -2.26. The Hall–Kier alpha value is -0.870. The maximum atomic E-state index is 11.3. The summed E-state index contributed by atoms with van der Waals surface area (Å²) in [6.45, 7) is 8.25. The van der Waals surface area contributed by atoms with Crippen LogP contribution in [0.25, 0.3) is 0 Å². The monoisotopic (exact) mass is 269 g/mol. The SMILES string of the molecule is CC.Cc1ccc(CN2CCS(=O)(=O)CC2)cc1. The van der Waals surface area contributed by atoms with E-state index in [0.717, 1.165) is 6.54 Å². The van der Waals surface area contributed by atoms with Crippen LogP contribution >= 0.6 is 0 Å². The van der Waals surface area contributed by atoms with Gasteiger partial charge in [0.05, 0.1) is 11.5 Å². The number of benzene rings is 1. The lowest BCUT2D eigenvalue weighted by atomic mass is 10.1. The Morgan fingerprint density at radius 1 is 1.06 bits per heavy atom. The highest BCUT2D eigenvalue weighted by atomic mass is 32.2. The first-order chi connectivity index (χ1) is 8.55.